The minimum atomic E-state index is 0.549. The van der Waals surface area contributed by atoms with E-state index >= 15 is 0 Å². The average Bonchev–Trinajstić information content (AvgIpc) is 2.75. The smallest absolute Gasteiger partial charge is 0.142 e. The largest absolute Gasteiger partial charge is 0.486 e. The summed E-state index contributed by atoms with van der Waals surface area (Å²) in [4.78, 5) is 9.82. The van der Waals surface area contributed by atoms with Gasteiger partial charge in [-0.05, 0) is 33.0 Å². The topological polar surface area (TPSA) is 47.0 Å². The number of hydrogen-bond donors (Lipinski definition) is 1. The van der Waals surface area contributed by atoms with Crippen molar-refractivity contribution < 1.29 is 4.74 Å². The standard InChI is InChI=1S/C13H17N3OS/c1-9-4-5-13(12(16-9)7-14-3)17-8-11-6-15-10(2)18-11/h4-6,14H,7-8H2,1-3H3. The van der Waals surface area contributed by atoms with Crippen LogP contribution in [-0.4, -0.2) is 17.0 Å². The lowest BCUT2D eigenvalue weighted by molar-refractivity contribution is 0.303. The van der Waals surface area contributed by atoms with E-state index in [4.69, 9.17) is 4.74 Å². The highest BCUT2D eigenvalue weighted by molar-refractivity contribution is 7.11. The molecule has 0 amide bonds. The van der Waals surface area contributed by atoms with E-state index in [9.17, 15) is 0 Å². The van der Waals surface area contributed by atoms with Crippen molar-refractivity contribution in [3.63, 3.8) is 0 Å². The first kappa shape index (κ1) is 13.0. The molecule has 0 atom stereocenters. The van der Waals surface area contributed by atoms with Crippen LogP contribution in [0.1, 0.15) is 21.3 Å². The third-order valence-electron chi connectivity index (χ3n) is 2.45. The van der Waals surface area contributed by atoms with Crippen LogP contribution in [0.25, 0.3) is 0 Å². The monoisotopic (exact) mass is 263 g/mol. The third kappa shape index (κ3) is 3.27. The molecule has 2 rings (SSSR count). The highest BCUT2D eigenvalue weighted by atomic mass is 32.1. The molecule has 0 saturated heterocycles. The Morgan fingerprint density at radius 2 is 2.17 bits per heavy atom. The van der Waals surface area contributed by atoms with E-state index in [0.717, 1.165) is 27.0 Å². The van der Waals surface area contributed by atoms with Crippen molar-refractivity contribution in [1.29, 1.82) is 0 Å². The summed E-state index contributed by atoms with van der Waals surface area (Å²) < 4.78 is 5.81. The van der Waals surface area contributed by atoms with Gasteiger partial charge in [0.05, 0.1) is 15.6 Å². The number of thiazole rings is 1. The van der Waals surface area contributed by atoms with Gasteiger partial charge in [0.2, 0.25) is 0 Å². The van der Waals surface area contributed by atoms with Gasteiger partial charge in [-0.2, -0.15) is 0 Å². The van der Waals surface area contributed by atoms with Gasteiger partial charge in [0.1, 0.15) is 12.4 Å². The quantitative estimate of drug-likeness (QED) is 0.900. The Morgan fingerprint density at radius 3 is 2.83 bits per heavy atom. The van der Waals surface area contributed by atoms with Gasteiger partial charge >= 0.3 is 0 Å². The van der Waals surface area contributed by atoms with Gasteiger partial charge in [-0.3, -0.25) is 4.98 Å². The predicted octanol–water partition coefficient (Wildman–Crippen LogP) is 2.45. The van der Waals surface area contributed by atoms with Crippen molar-refractivity contribution in [2.45, 2.75) is 27.0 Å². The number of aromatic nitrogens is 2. The third-order valence-corrected chi connectivity index (χ3v) is 3.34. The molecule has 4 nitrogen and oxygen atoms in total. The van der Waals surface area contributed by atoms with Crippen LogP contribution in [-0.2, 0) is 13.2 Å². The number of rotatable bonds is 5. The molecule has 5 heteroatoms. The molecular weight excluding hydrogens is 246 g/mol. The van der Waals surface area contributed by atoms with E-state index in [1.807, 2.05) is 39.2 Å². The first-order chi connectivity index (χ1) is 8.69. The molecule has 0 radical (unpaired) electrons. The summed E-state index contributed by atoms with van der Waals surface area (Å²) in [6.07, 6.45) is 1.86. The van der Waals surface area contributed by atoms with Crippen LogP contribution in [0.3, 0.4) is 0 Å². The fraction of sp³-hybridized carbons (Fsp3) is 0.385. The lowest BCUT2D eigenvalue weighted by Gasteiger charge is -2.10. The van der Waals surface area contributed by atoms with E-state index in [2.05, 4.69) is 15.3 Å². The number of pyridine rings is 1. The van der Waals surface area contributed by atoms with Crippen molar-refractivity contribution in [2.75, 3.05) is 7.05 Å². The molecule has 1 N–H and O–H groups in total. The SMILES string of the molecule is CNCc1nc(C)ccc1OCc1cnc(C)s1. The molecule has 0 saturated carbocycles. The Labute approximate surface area is 111 Å². The number of ether oxygens (including phenoxy) is 1. The molecule has 0 spiro atoms. The summed E-state index contributed by atoms with van der Waals surface area (Å²) in [5.41, 5.74) is 1.94. The van der Waals surface area contributed by atoms with E-state index in [1.165, 1.54) is 0 Å². The molecule has 0 unspecified atom stereocenters. The van der Waals surface area contributed by atoms with E-state index in [-0.39, 0.29) is 0 Å². The predicted molar refractivity (Wildman–Crippen MR) is 72.9 cm³/mol. The molecular formula is C13H17N3OS. The van der Waals surface area contributed by atoms with Gasteiger partial charge < -0.3 is 10.1 Å². The van der Waals surface area contributed by atoms with Crippen LogP contribution in [0.15, 0.2) is 18.3 Å². The number of nitrogens with zero attached hydrogens (tertiary/aromatic N) is 2. The van der Waals surface area contributed by atoms with Crippen molar-refractivity contribution in [3.8, 4) is 5.75 Å². The maximum absolute atomic E-state index is 5.81. The van der Waals surface area contributed by atoms with Crippen LogP contribution in [0.2, 0.25) is 0 Å². The normalized spacial score (nSPS) is 10.6. The summed E-state index contributed by atoms with van der Waals surface area (Å²) in [7, 11) is 1.90. The summed E-state index contributed by atoms with van der Waals surface area (Å²) in [6, 6.07) is 3.94. The molecule has 96 valence electrons. The average molecular weight is 263 g/mol. The maximum atomic E-state index is 5.81. The van der Waals surface area contributed by atoms with Crippen molar-refractivity contribution in [1.82, 2.24) is 15.3 Å². The fourth-order valence-electron chi connectivity index (χ4n) is 1.64. The molecule has 0 aliphatic heterocycles. The molecule has 2 heterocycles. The lowest BCUT2D eigenvalue weighted by Crippen LogP contribution is -2.10. The van der Waals surface area contributed by atoms with Gasteiger partial charge in [0, 0.05) is 18.4 Å². The first-order valence-corrected chi connectivity index (χ1v) is 6.66. The Balaban J connectivity index is 2.08. The number of hydrogen-bond acceptors (Lipinski definition) is 5. The molecule has 0 bridgehead atoms. The molecule has 2 aromatic heterocycles. The summed E-state index contributed by atoms with van der Waals surface area (Å²) in [5, 5.41) is 4.16. The van der Waals surface area contributed by atoms with Crippen LogP contribution < -0.4 is 10.1 Å². The van der Waals surface area contributed by atoms with Crippen molar-refractivity contribution in [3.05, 3.63) is 39.6 Å². The highest BCUT2D eigenvalue weighted by Crippen LogP contribution is 2.20. The minimum absolute atomic E-state index is 0.549. The van der Waals surface area contributed by atoms with E-state index in [0.29, 0.717) is 13.2 Å². The molecule has 0 aliphatic rings. The lowest BCUT2D eigenvalue weighted by atomic mass is 10.3. The summed E-state index contributed by atoms with van der Waals surface area (Å²) >= 11 is 1.66. The van der Waals surface area contributed by atoms with E-state index < -0.39 is 0 Å². The Kier molecular flexibility index (Phi) is 4.28. The Hall–Kier alpha value is -1.46. The molecule has 0 fully saturated rings. The second-order valence-corrected chi connectivity index (χ2v) is 5.38. The van der Waals surface area contributed by atoms with E-state index in [1.54, 1.807) is 11.3 Å². The van der Waals surface area contributed by atoms with Crippen LogP contribution in [0.4, 0.5) is 0 Å². The molecule has 18 heavy (non-hydrogen) atoms. The van der Waals surface area contributed by atoms with Gasteiger partial charge in [0.25, 0.3) is 0 Å². The highest BCUT2D eigenvalue weighted by Gasteiger charge is 2.06. The van der Waals surface area contributed by atoms with Gasteiger partial charge in [-0.15, -0.1) is 11.3 Å². The van der Waals surface area contributed by atoms with Gasteiger partial charge in [-0.25, -0.2) is 4.98 Å². The van der Waals surface area contributed by atoms with Crippen molar-refractivity contribution >= 4 is 11.3 Å². The molecule has 0 aromatic carbocycles. The summed E-state index contributed by atoms with van der Waals surface area (Å²) in [5.74, 6) is 0.834. The number of aryl methyl sites for hydroxylation is 2. The molecule has 2 aromatic rings. The van der Waals surface area contributed by atoms with Crippen LogP contribution in [0.5, 0.6) is 5.75 Å². The van der Waals surface area contributed by atoms with Gasteiger partial charge in [-0.1, -0.05) is 0 Å². The zero-order valence-electron chi connectivity index (χ0n) is 10.9. The minimum Gasteiger partial charge on any atom is -0.486 e. The maximum Gasteiger partial charge on any atom is 0.142 e. The number of nitrogens with one attached hydrogen (secondary N) is 1. The second kappa shape index (κ2) is 5.93. The Bertz CT molecular complexity index is 525. The van der Waals surface area contributed by atoms with Gasteiger partial charge in [0.15, 0.2) is 0 Å². The molecule has 0 aliphatic carbocycles. The fourth-order valence-corrected chi connectivity index (χ4v) is 2.35. The van der Waals surface area contributed by atoms with Crippen LogP contribution >= 0.6 is 11.3 Å². The Morgan fingerprint density at radius 1 is 1.33 bits per heavy atom. The summed E-state index contributed by atoms with van der Waals surface area (Å²) in [6.45, 7) is 5.23. The first-order valence-electron chi connectivity index (χ1n) is 5.84. The zero-order valence-corrected chi connectivity index (χ0v) is 11.7. The zero-order chi connectivity index (χ0) is 13.0. The van der Waals surface area contributed by atoms with Crippen molar-refractivity contribution in [2.24, 2.45) is 0 Å². The second-order valence-electron chi connectivity index (χ2n) is 4.06. The van der Waals surface area contributed by atoms with Crippen LogP contribution in [0, 0.1) is 13.8 Å².